The van der Waals surface area contributed by atoms with Crippen molar-refractivity contribution in [3.05, 3.63) is 0 Å². The van der Waals surface area contributed by atoms with Crippen molar-refractivity contribution in [1.82, 2.24) is 0 Å². The minimum Gasteiger partial charge on any atom is -0.462 e. The Hall–Kier alpha value is -1.59. The van der Waals surface area contributed by atoms with Crippen molar-refractivity contribution in [2.45, 2.75) is 259 Å². The van der Waals surface area contributed by atoms with Crippen LogP contribution >= 0.6 is 0 Å². The van der Waals surface area contributed by atoms with Gasteiger partial charge in [-0.2, -0.15) is 0 Å². The van der Waals surface area contributed by atoms with Crippen LogP contribution < -0.4 is 0 Å². The number of rotatable bonds is 41. The molecule has 0 bridgehead atoms. The highest BCUT2D eigenvalue weighted by Crippen LogP contribution is 2.17. The first-order valence-corrected chi connectivity index (χ1v) is 23.3. The highest BCUT2D eigenvalue weighted by molar-refractivity contribution is 5.71. The number of ether oxygens (including phenoxy) is 3. The summed E-state index contributed by atoms with van der Waals surface area (Å²) in [5.74, 6) is 0.774. The Bertz CT molecular complexity index is 811. The molecular formula is C47H90O6. The van der Waals surface area contributed by atoms with Crippen molar-refractivity contribution in [2.75, 3.05) is 13.2 Å². The molecule has 0 fully saturated rings. The number of unbranched alkanes of at least 4 members (excludes halogenated alkanes) is 25. The zero-order valence-corrected chi connectivity index (χ0v) is 36.1. The topological polar surface area (TPSA) is 78.9 Å². The summed E-state index contributed by atoms with van der Waals surface area (Å²) in [5, 5.41) is 0. The van der Waals surface area contributed by atoms with E-state index in [2.05, 4.69) is 34.6 Å². The second-order valence-corrected chi connectivity index (χ2v) is 16.8. The van der Waals surface area contributed by atoms with Gasteiger partial charge in [-0.3, -0.25) is 14.4 Å². The van der Waals surface area contributed by atoms with Gasteiger partial charge in [0.05, 0.1) is 0 Å². The average Bonchev–Trinajstić information content (AvgIpc) is 3.14. The molecule has 0 spiro atoms. The molecule has 53 heavy (non-hydrogen) atoms. The normalized spacial score (nSPS) is 12.6. The molecular weight excluding hydrogens is 661 g/mol. The van der Waals surface area contributed by atoms with E-state index in [-0.39, 0.29) is 31.1 Å². The summed E-state index contributed by atoms with van der Waals surface area (Å²) in [4.78, 5) is 37.7. The van der Waals surface area contributed by atoms with E-state index < -0.39 is 6.10 Å². The molecule has 0 aliphatic carbocycles. The maximum atomic E-state index is 12.7. The summed E-state index contributed by atoms with van der Waals surface area (Å²) in [6, 6.07) is 0. The molecule has 0 saturated heterocycles. The third-order valence-corrected chi connectivity index (χ3v) is 10.8. The Kier molecular flexibility index (Phi) is 38.9. The maximum Gasteiger partial charge on any atom is 0.306 e. The van der Waals surface area contributed by atoms with Crippen LogP contribution in [0.25, 0.3) is 0 Å². The molecule has 0 saturated carbocycles. The van der Waals surface area contributed by atoms with Crippen LogP contribution in [-0.2, 0) is 28.6 Å². The van der Waals surface area contributed by atoms with Gasteiger partial charge >= 0.3 is 17.9 Å². The fourth-order valence-electron chi connectivity index (χ4n) is 6.90. The number of carbonyl (C=O) groups excluding carboxylic acids is 3. The summed E-state index contributed by atoms with van der Waals surface area (Å²) in [6.45, 7) is 11.3. The molecule has 0 aromatic rings. The highest BCUT2D eigenvalue weighted by atomic mass is 16.6. The quantitative estimate of drug-likeness (QED) is 0.0352. The maximum absolute atomic E-state index is 12.7. The van der Waals surface area contributed by atoms with Gasteiger partial charge in [-0.15, -0.1) is 0 Å². The number of carbonyl (C=O) groups is 3. The molecule has 2 atom stereocenters. The summed E-state index contributed by atoms with van der Waals surface area (Å²) in [6.07, 6.45) is 38.0. The minimum absolute atomic E-state index is 0.0654. The molecule has 0 radical (unpaired) electrons. The zero-order valence-electron chi connectivity index (χ0n) is 36.1. The third kappa shape index (κ3) is 39.9. The number of hydrogen-bond acceptors (Lipinski definition) is 6. The van der Waals surface area contributed by atoms with E-state index in [9.17, 15) is 14.4 Å². The first-order chi connectivity index (χ1) is 25.8. The number of hydrogen-bond donors (Lipinski definition) is 0. The van der Waals surface area contributed by atoms with Gasteiger partial charge in [0.1, 0.15) is 13.2 Å². The van der Waals surface area contributed by atoms with Crippen LogP contribution in [0.5, 0.6) is 0 Å². The second-order valence-electron chi connectivity index (χ2n) is 16.8. The Labute approximate surface area is 329 Å². The Morgan fingerprint density at radius 2 is 0.717 bits per heavy atom. The van der Waals surface area contributed by atoms with Crippen molar-refractivity contribution in [2.24, 2.45) is 11.8 Å². The van der Waals surface area contributed by atoms with Crippen LogP contribution in [-0.4, -0.2) is 37.2 Å². The molecule has 0 aliphatic rings. The van der Waals surface area contributed by atoms with Crippen LogP contribution in [0.15, 0.2) is 0 Å². The lowest BCUT2D eigenvalue weighted by Crippen LogP contribution is -2.30. The Morgan fingerprint density at radius 1 is 0.396 bits per heavy atom. The van der Waals surface area contributed by atoms with Crippen LogP contribution in [0.1, 0.15) is 253 Å². The predicted molar refractivity (Wildman–Crippen MR) is 224 cm³/mol. The third-order valence-electron chi connectivity index (χ3n) is 10.8. The Morgan fingerprint density at radius 3 is 1.08 bits per heavy atom. The van der Waals surface area contributed by atoms with E-state index in [0.717, 1.165) is 69.6 Å². The molecule has 314 valence electrons. The molecule has 0 aromatic carbocycles. The molecule has 0 N–H and O–H groups in total. The summed E-state index contributed by atoms with van der Waals surface area (Å²) >= 11 is 0. The summed E-state index contributed by atoms with van der Waals surface area (Å²) in [7, 11) is 0. The fraction of sp³-hybridized carbons (Fsp3) is 0.936. The van der Waals surface area contributed by atoms with Crippen molar-refractivity contribution < 1.29 is 28.6 Å². The molecule has 6 nitrogen and oxygen atoms in total. The lowest BCUT2D eigenvalue weighted by Gasteiger charge is -2.18. The second kappa shape index (κ2) is 40.1. The van der Waals surface area contributed by atoms with E-state index >= 15 is 0 Å². The molecule has 0 rings (SSSR count). The number of esters is 3. The smallest absolute Gasteiger partial charge is 0.306 e. The molecule has 1 unspecified atom stereocenters. The van der Waals surface area contributed by atoms with E-state index in [0.29, 0.717) is 19.3 Å². The largest absolute Gasteiger partial charge is 0.462 e. The van der Waals surface area contributed by atoms with Gasteiger partial charge in [0.15, 0.2) is 6.10 Å². The van der Waals surface area contributed by atoms with E-state index in [4.69, 9.17) is 14.2 Å². The first-order valence-electron chi connectivity index (χ1n) is 23.3. The minimum atomic E-state index is -0.761. The van der Waals surface area contributed by atoms with Crippen LogP contribution in [0.4, 0.5) is 0 Å². The van der Waals surface area contributed by atoms with E-state index in [1.165, 1.54) is 141 Å². The molecule has 0 aromatic heterocycles. The van der Waals surface area contributed by atoms with Crippen molar-refractivity contribution in [3.63, 3.8) is 0 Å². The summed E-state index contributed by atoms with van der Waals surface area (Å²) in [5.41, 5.74) is 0. The zero-order chi connectivity index (χ0) is 39.0. The highest BCUT2D eigenvalue weighted by Gasteiger charge is 2.19. The van der Waals surface area contributed by atoms with Gasteiger partial charge in [-0.25, -0.2) is 0 Å². The lowest BCUT2D eigenvalue weighted by atomic mass is 10.00. The van der Waals surface area contributed by atoms with Crippen LogP contribution in [0.2, 0.25) is 0 Å². The van der Waals surface area contributed by atoms with Gasteiger partial charge in [0, 0.05) is 19.3 Å². The van der Waals surface area contributed by atoms with Gasteiger partial charge < -0.3 is 14.2 Å². The SMILES string of the molecule is CCCCCCCCCCCCCCC(=O)O[C@H](COC(=O)CCCCCCCCCCCCC(C)C)COC(=O)CCCCCCCCC(C)CC. The van der Waals surface area contributed by atoms with Crippen LogP contribution in [0.3, 0.4) is 0 Å². The van der Waals surface area contributed by atoms with Crippen LogP contribution in [0, 0.1) is 11.8 Å². The van der Waals surface area contributed by atoms with Gasteiger partial charge in [-0.05, 0) is 31.1 Å². The van der Waals surface area contributed by atoms with Gasteiger partial charge in [0.2, 0.25) is 0 Å². The standard InChI is InChI=1S/C47H90O6/c1-6-8-9-10-11-12-13-14-19-22-29-34-39-47(50)53-44(41-52-46(49)38-33-28-24-23-26-31-36-43(5)7-2)40-51-45(48)37-32-27-21-18-16-15-17-20-25-30-35-42(3)4/h42-44H,6-41H2,1-5H3/t43?,44-/m1/s1. The molecule has 0 amide bonds. The first kappa shape index (κ1) is 51.4. The van der Waals surface area contributed by atoms with E-state index in [1.54, 1.807) is 0 Å². The summed E-state index contributed by atoms with van der Waals surface area (Å²) < 4.78 is 16.7. The fourth-order valence-corrected chi connectivity index (χ4v) is 6.90. The molecule has 6 heteroatoms. The average molecular weight is 751 g/mol. The molecule has 0 aliphatic heterocycles. The monoisotopic (exact) mass is 751 g/mol. The van der Waals surface area contributed by atoms with Crippen molar-refractivity contribution in [1.29, 1.82) is 0 Å². The molecule has 0 heterocycles. The lowest BCUT2D eigenvalue weighted by molar-refractivity contribution is -0.167. The van der Waals surface area contributed by atoms with Gasteiger partial charge in [0.25, 0.3) is 0 Å². The Balaban J connectivity index is 4.34. The van der Waals surface area contributed by atoms with Crippen molar-refractivity contribution >= 4 is 17.9 Å². The van der Waals surface area contributed by atoms with Gasteiger partial charge in [-0.1, -0.05) is 214 Å². The van der Waals surface area contributed by atoms with E-state index in [1.807, 2.05) is 0 Å². The van der Waals surface area contributed by atoms with Crippen molar-refractivity contribution in [3.8, 4) is 0 Å². The predicted octanol–water partition coefficient (Wildman–Crippen LogP) is 14.6.